The Balaban J connectivity index is 2.32. The number of rotatable bonds is 7. The molecular formula is C13H20N2O4S. The van der Waals surface area contributed by atoms with E-state index in [0.717, 1.165) is 19.3 Å². The van der Waals surface area contributed by atoms with E-state index in [2.05, 4.69) is 0 Å². The molecule has 0 aromatic carbocycles. The van der Waals surface area contributed by atoms with Gasteiger partial charge in [0.25, 0.3) is 0 Å². The van der Waals surface area contributed by atoms with E-state index >= 15 is 0 Å². The molecule has 2 rings (SSSR count). The molecule has 1 atom stereocenters. The van der Waals surface area contributed by atoms with Crippen molar-refractivity contribution in [2.75, 3.05) is 18.1 Å². The summed E-state index contributed by atoms with van der Waals surface area (Å²) < 4.78 is 0. The Morgan fingerprint density at radius 1 is 1.60 bits per heavy atom. The summed E-state index contributed by atoms with van der Waals surface area (Å²) in [6, 6.07) is 1.79. The average molecular weight is 300 g/mol. The normalized spacial score (nSPS) is 16.8. The SMILES string of the molecule is C[C@H](O)c1cc([N+](=O)[O-])c(N(CCCO)C2CCC2)s1. The number of aliphatic hydroxyl groups excluding tert-OH is 2. The highest BCUT2D eigenvalue weighted by atomic mass is 32.1. The maximum atomic E-state index is 11.2. The summed E-state index contributed by atoms with van der Waals surface area (Å²) in [6.45, 7) is 2.30. The van der Waals surface area contributed by atoms with Gasteiger partial charge in [0.15, 0.2) is 5.00 Å². The first-order chi connectivity index (χ1) is 9.54. The Kier molecular flexibility index (Phi) is 4.95. The summed E-state index contributed by atoms with van der Waals surface area (Å²) in [5, 5.41) is 30.5. The first-order valence-electron chi connectivity index (χ1n) is 6.88. The molecule has 0 bridgehead atoms. The van der Waals surface area contributed by atoms with Crippen LogP contribution in [0.4, 0.5) is 10.7 Å². The molecule has 1 heterocycles. The van der Waals surface area contributed by atoms with E-state index in [4.69, 9.17) is 5.11 Å². The summed E-state index contributed by atoms with van der Waals surface area (Å²) in [4.78, 5) is 13.5. The number of anilines is 1. The van der Waals surface area contributed by atoms with Crippen molar-refractivity contribution in [3.05, 3.63) is 21.1 Å². The van der Waals surface area contributed by atoms with Crippen LogP contribution in [0.2, 0.25) is 0 Å². The third kappa shape index (κ3) is 3.11. The van der Waals surface area contributed by atoms with Crippen LogP contribution in [0.1, 0.15) is 43.6 Å². The Hall–Kier alpha value is -1.18. The molecule has 0 amide bonds. The van der Waals surface area contributed by atoms with Gasteiger partial charge in [-0.25, -0.2) is 0 Å². The van der Waals surface area contributed by atoms with Gasteiger partial charge in [-0.15, -0.1) is 11.3 Å². The predicted molar refractivity (Wildman–Crippen MR) is 78.3 cm³/mol. The summed E-state index contributed by atoms with van der Waals surface area (Å²) >= 11 is 1.28. The lowest BCUT2D eigenvalue weighted by Crippen LogP contribution is -2.41. The van der Waals surface area contributed by atoms with Gasteiger partial charge in [0.05, 0.1) is 11.0 Å². The van der Waals surface area contributed by atoms with Gasteiger partial charge in [-0.3, -0.25) is 10.1 Å². The second kappa shape index (κ2) is 6.51. The molecule has 1 aliphatic carbocycles. The summed E-state index contributed by atoms with van der Waals surface area (Å²) in [6.07, 6.45) is 3.10. The van der Waals surface area contributed by atoms with Gasteiger partial charge < -0.3 is 15.1 Å². The maximum Gasteiger partial charge on any atom is 0.304 e. The van der Waals surface area contributed by atoms with Crippen LogP contribution in [0.5, 0.6) is 0 Å². The lowest BCUT2D eigenvalue weighted by atomic mass is 9.91. The molecule has 112 valence electrons. The van der Waals surface area contributed by atoms with Crippen LogP contribution in [0, 0.1) is 10.1 Å². The van der Waals surface area contributed by atoms with Crippen molar-refractivity contribution in [3.8, 4) is 0 Å². The van der Waals surface area contributed by atoms with E-state index in [9.17, 15) is 15.2 Å². The highest BCUT2D eigenvalue weighted by Gasteiger charge is 2.32. The zero-order valence-corrected chi connectivity index (χ0v) is 12.3. The molecule has 2 N–H and O–H groups in total. The fourth-order valence-electron chi connectivity index (χ4n) is 2.32. The third-order valence-corrected chi connectivity index (χ3v) is 4.99. The molecular weight excluding hydrogens is 280 g/mol. The second-order valence-corrected chi connectivity index (χ2v) is 6.19. The van der Waals surface area contributed by atoms with E-state index < -0.39 is 6.10 Å². The number of aliphatic hydroxyl groups is 2. The van der Waals surface area contributed by atoms with Crippen molar-refractivity contribution in [1.82, 2.24) is 0 Å². The first kappa shape index (κ1) is 15.2. The van der Waals surface area contributed by atoms with Crippen molar-refractivity contribution >= 4 is 22.0 Å². The van der Waals surface area contributed by atoms with E-state index in [0.29, 0.717) is 28.9 Å². The largest absolute Gasteiger partial charge is 0.396 e. The van der Waals surface area contributed by atoms with Crippen LogP contribution in [0.3, 0.4) is 0 Å². The van der Waals surface area contributed by atoms with Gasteiger partial charge in [0.2, 0.25) is 0 Å². The van der Waals surface area contributed by atoms with Crippen molar-refractivity contribution < 1.29 is 15.1 Å². The van der Waals surface area contributed by atoms with E-state index in [-0.39, 0.29) is 17.2 Å². The average Bonchev–Trinajstić information content (AvgIpc) is 2.76. The van der Waals surface area contributed by atoms with Gasteiger partial charge in [-0.1, -0.05) is 0 Å². The van der Waals surface area contributed by atoms with Gasteiger partial charge in [-0.05, 0) is 32.6 Å². The van der Waals surface area contributed by atoms with E-state index in [1.807, 2.05) is 4.90 Å². The molecule has 0 saturated heterocycles. The predicted octanol–water partition coefficient (Wildman–Crippen LogP) is 2.45. The van der Waals surface area contributed by atoms with E-state index in [1.54, 1.807) is 6.92 Å². The van der Waals surface area contributed by atoms with Crippen LogP contribution in [0.25, 0.3) is 0 Å². The molecule has 1 aliphatic rings. The topological polar surface area (TPSA) is 86.8 Å². The molecule has 1 saturated carbocycles. The standard InChI is InChI=1S/C13H20N2O4S/c1-9(17)12-8-11(15(18)19)13(20-12)14(6-3-7-16)10-4-2-5-10/h8-10,16-17H,2-7H2,1H3/t9-/m0/s1. The van der Waals surface area contributed by atoms with Gasteiger partial charge in [0.1, 0.15) is 0 Å². The Morgan fingerprint density at radius 2 is 2.30 bits per heavy atom. The van der Waals surface area contributed by atoms with Crippen molar-refractivity contribution in [2.24, 2.45) is 0 Å². The van der Waals surface area contributed by atoms with Gasteiger partial charge >= 0.3 is 5.69 Å². The zero-order chi connectivity index (χ0) is 14.7. The summed E-state index contributed by atoms with van der Waals surface area (Å²) in [5.74, 6) is 0. The van der Waals surface area contributed by atoms with Crippen LogP contribution in [0.15, 0.2) is 6.07 Å². The molecule has 1 aromatic heterocycles. The molecule has 6 nitrogen and oxygen atoms in total. The highest BCUT2D eigenvalue weighted by molar-refractivity contribution is 7.16. The smallest absolute Gasteiger partial charge is 0.304 e. The number of thiophene rings is 1. The zero-order valence-electron chi connectivity index (χ0n) is 11.5. The Morgan fingerprint density at radius 3 is 2.75 bits per heavy atom. The van der Waals surface area contributed by atoms with Gasteiger partial charge in [0, 0.05) is 30.1 Å². The molecule has 0 aliphatic heterocycles. The summed E-state index contributed by atoms with van der Waals surface area (Å²) in [5.41, 5.74) is 0.0655. The van der Waals surface area contributed by atoms with E-state index in [1.165, 1.54) is 17.4 Å². The lowest BCUT2D eigenvalue weighted by Gasteiger charge is -2.37. The minimum Gasteiger partial charge on any atom is -0.396 e. The van der Waals surface area contributed by atoms with Crippen molar-refractivity contribution in [3.63, 3.8) is 0 Å². The quantitative estimate of drug-likeness (QED) is 0.596. The fourth-order valence-corrected chi connectivity index (χ4v) is 3.48. The fraction of sp³-hybridized carbons (Fsp3) is 0.692. The van der Waals surface area contributed by atoms with Crippen LogP contribution < -0.4 is 4.90 Å². The number of nitro groups is 1. The third-order valence-electron chi connectivity index (χ3n) is 3.65. The minimum atomic E-state index is -0.700. The molecule has 1 fully saturated rings. The minimum absolute atomic E-state index is 0.0655. The number of hydrogen-bond donors (Lipinski definition) is 2. The monoisotopic (exact) mass is 300 g/mol. The van der Waals surface area contributed by atoms with Crippen molar-refractivity contribution in [2.45, 2.75) is 44.8 Å². The first-order valence-corrected chi connectivity index (χ1v) is 7.70. The molecule has 7 heteroatoms. The maximum absolute atomic E-state index is 11.2. The number of hydrogen-bond acceptors (Lipinski definition) is 6. The molecule has 1 aromatic rings. The lowest BCUT2D eigenvalue weighted by molar-refractivity contribution is -0.383. The van der Waals surface area contributed by atoms with Crippen LogP contribution in [-0.2, 0) is 0 Å². The molecule has 20 heavy (non-hydrogen) atoms. The molecule has 0 spiro atoms. The van der Waals surface area contributed by atoms with Gasteiger partial charge in [-0.2, -0.15) is 0 Å². The van der Waals surface area contributed by atoms with Crippen molar-refractivity contribution in [1.29, 1.82) is 0 Å². The second-order valence-electron chi connectivity index (χ2n) is 5.13. The Labute approximate surface area is 121 Å². The van der Waals surface area contributed by atoms with Crippen LogP contribution >= 0.6 is 11.3 Å². The molecule has 0 unspecified atom stereocenters. The van der Waals surface area contributed by atoms with Crippen LogP contribution in [-0.4, -0.2) is 34.3 Å². The highest BCUT2D eigenvalue weighted by Crippen LogP contribution is 2.43. The Bertz CT molecular complexity index is 471. The summed E-state index contributed by atoms with van der Waals surface area (Å²) in [7, 11) is 0. The molecule has 0 radical (unpaired) electrons. The number of nitrogens with zero attached hydrogens (tertiary/aromatic N) is 2.